The lowest BCUT2D eigenvalue weighted by atomic mass is 10.0. The number of hydrogen-bond donors (Lipinski definition) is 0. The molecule has 1 unspecified atom stereocenters. The van der Waals surface area contributed by atoms with E-state index in [1.54, 1.807) is 0 Å². The Labute approximate surface area is 75.1 Å². The Bertz CT molecular complexity index is 93.0. The highest BCUT2D eigenvalue weighted by molar-refractivity contribution is 7.99. The van der Waals surface area contributed by atoms with Crippen LogP contribution in [0.3, 0.4) is 0 Å². The molecule has 1 radical (unpaired) electrons. The van der Waals surface area contributed by atoms with E-state index in [4.69, 9.17) is 0 Å². The summed E-state index contributed by atoms with van der Waals surface area (Å²) in [6.45, 7) is 6.21. The monoisotopic (exact) mass is 171 g/mol. The van der Waals surface area contributed by atoms with E-state index >= 15 is 0 Å². The summed E-state index contributed by atoms with van der Waals surface area (Å²) in [7, 11) is 0. The van der Waals surface area contributed by atoms with Crippen LogP contribution in [0.5, 0.6) is 0 Å². The van der Waals surface area contributed by atoms with Crippen LogP contribution in [0.25, 0.3) is 0 Å². The van der Waals surface area contributed by atoms with Crippen molar-refractivity contribution in [3.8, 4) is 0 Å². The van der Waals surface area contributed by atoms with Gasteiger partial charge in [-0.1, -0.05) is 26.2 Å². The molecule has 1 aliphatic carbocycles. The summed E-state index contributed by atoms with van der Waals surface area (Å²) in [5.74, 6) is 1.88. The summed E-state index contributed by atoms with van der Waals surface area (Å²) >= 11 is 2.14. The van der Waals surface area contributed by atoms with Gasteiger partial charge in [0.15, 0.2) is 0 Å². The van der Waals surface area contributed by atoms with Crippen LogP contribution in [-0.4, -0.2) is 11.0 Å². The van der Waals surface area contributed by atoms with Gasteiger partial charge in [-0.2, -0.15) is 11.8 Å². The van der Waals surface area contributed by atoms with Gasteiger partial charge >= 0.3 is 0 Å². The van der Waals surface area contributed by atoms with Crippen LogP contribution in [0.1, 0.15) is 39.0 Å². The second-order valence-electron chi connectivity index (χ2n) is 3.70. The molecule has 0 aromatic heterocycles. The molecule has 1 saturated carbocycles. The first-order valence-corrected chi connectivity index (χ1v) is 5.78. The van der Waals surface area contributed by atoms with Gasteiger partial charge < -0.3 is 0 Å². The molecule has 0 saturated heterocycles. The van der Waals surface area contributed by atoms with E-state index in [1.165, 1.54) is 37.9 Å². The maximum absolute atomic E-state index is 4.00. The zero-order valence-corrected chi connectivity index (χ0v) is 8.33. The van der Waals surface area contributed by atoms with Crippen LogP contribution >= 0.6 is 11.8 Å². The molecular formula is C10H19S. The van der Waals surface area contributed by atoms with Crippen LogP contribution < -0.4 is 0 Å². The van der Waals surface area contributed by atoms with Crippen molar-refractivity contribution in [2.24, 2.45) is 5.92 Å². The molecule has 1 aliphatic rings. The molecule has 0 bridgehead atoms. The van der Waals surface area contributed by atoms with Crippen LogP contribution in [0.2, 0.25) is 0 Å². The van der Waals surface area contributed by atoms with Gasteiger partial charge in [0.1, 0.15) is 0 Å². The van der Waals surface area contributed by atoms with E-state index in [-0.39, 0.29) is 0 Å². The molecule has 0 heterocycles. The first-order valence-electron chi connectivity index (χ1n) is 4.73. The first-order chi connectivity index (χ1) is 5.29. The fraction of sp³-hybridized carbons (Fsp3) is 0.900. The maximum Gasteiger partial charge on any atom is 0.00471 e. The lowest BCUT2D eigenvalue weighted by Crippen LogP contribution is -2.10. The second kappa shape index (κ2) is 5.08. The van der Waals surface area contributed by atoms with Gasteiger partial charge in [-0.05, 0) is 31.4 Å². The maximum atomic E-state index is 4.00. The molecule has 0 aromatic carbocycles. The molecule has 0 aromatic rings. The van der Waals surface area contributed by atoms with Gasteiger partial charge in [0.05, 0.1) is 0 Å². The van der Waals surface area contributed by atoms with Crippen molar-refractivity contribution in [1.82, 2.24) is 0 Å². The fourth-order valence-electron chi connectivity index (χ4n) is 1.53. The highest BCUT2D eigenvalue weighted by Gasteiger charge is 2.13. The summed E-state index contributed by atoms with van der Waals surface area (Å²) in [6.07, 6.45) is 7.30. The largest absolute Gasteiger partial charge is 0.158 e. The topological polar surface area (TPSA) is 0 Å². The summed E-state index contributed by atoms with van der Waals surface area (Å²) in [5.41, 5.74) is 0. The van der Waals surface area contributed by atoms with Crippen LogP contribution in [0.15, 0.2) is 0 Å². The Kier molecular flexibility index (Phi) is 4.36. The predicted octanol–water partition coefficient (Wildman–Crippen LogP) is 3.52. The third kappa shape index (κ3) is 4.05. The lowest BCUT2D eigenvalue weighted by molar-refractivity contribution is 0.515. The molecular weight excluding hydrogens is 152 g/mol. The third-order valence-corrected chi connectivity index (χ3v) is 3.87. The Morgan fingerprint density at radius 1 is 1.36 bits per heavy atom. The highest BCUT2D eigenvalue weighted by atomic mass is 32.2. The summed E-state index contributed by atoms with van der Waals surface area (Å²) in [4.78, 5) is 0. The smallest absolute Gasteiger partial charge is 0.00471 e. The Morgan fingerprint density at radius 2 is 2.00 bits per heavy atom. The quantitative estimate of drug-likeness (QED) is 0.626. The number of rotatable bonds is 3. The molecule has 11 heavy (non-hydrogen) atoms. The van der Waals surface area contributed by atoms with E-state index in [0.717, 1.165) is 5.25 Å². The van der Waals surface area contributed by atoms with E-state index in [1.807, 2.05) is 0 Å². The average molecular weight is 171 g/mol. The van der Waals surface area contributed by atoms with E-state index in [9.17, 15) is 0 Å². The predicted molar refractivity (Wildman–Crippen MR) is 53.9 cm³/mol. The molecule has 0 spiro atoms. The minimum absolute atomic E-state index is 0.627. The van der Waals surface area contributed by atoms with E-state index in [0.29, 0.717) is 5.92 Å². The first kappa shape index (κ1) is 9.44. The molecule has 1 atom stereocenters. The Hall–Kier alpha value is 0.350. The Balaban J connectivity index is 2.05. The second-order valence-corrected chi connectivity index (χ2v) is 5.03. The molecule has 0 amide bonds. The molecule has 1 fully saturated rings. The van der Waals surface area contributed by atoms with Crippen molar-refractivity contribution in [2.75, 3.05) is 5.75 Å². The number of thioether (sulfide) groups is 1. The van der Waals surface area contributed by atoms with Crippen LogP contribution in [-0.2, 0) is 0 Å². The van der Waals surface area contributed by atoms with Gasteiger partial charge in [-0.25, -0.2) is 0 Å². The van der Waals surface area contributed by atoms with Crippen molar-refractivity contribution in [3.05, 3.63) is 6.92 Å². The molecule has 0 nitrogen and oxygen atoms in total. The van der Waals surface area contributed by atoms with Crippen molar-refractivity contribution in [3.63, 3.8) is 0 Å². The van der Waals surface area contributed by atoms with Crippen LogP contribution in [0, 0.1) is 12.8 Å². The van der Waals surface area contributed by atoms with Gasteiger partial charge in [0.25, 0.3) is 0 Å². The van der Waals surface area contributed by atoms with Gasteiger partial charge in [-0.3, -0.25) is 0 Å². The molecule has 65 valence electrons. The molecule has 1 rings (SSSR count). The zero-order chi connectivity index (χ0) is 8.10. The van der Waals surface area contributed by atoms with Crippen molar-refractivity contribution < 1.29 is 0 Å². The lowest BCUT2D eigenvalue weighted by Gasteiger charge is -2.21. The molecule has 0 N–H and O–H groups in total. The number of hydrogen-bond acceptors (Lipinski definition) is 1. The van der Waals surface area contributed by atoms with E-state index < -0.39 is 0 Å². The normalized spacial score (nSPS) is 21.0. The van der Waals surface area contributed by atoms with Gasteiger partial charge in [0, 0.05) is 5.25 Å². The van der Waals surface area contributed by atoms with Crippen molar-refractivity contribution >= 4 is 11.8 Å². The third-order valence-electron chi connectivity index (χ3n) is 2.17. The SMILES string of the molecule is [CH2]C(C)CSC1CCCCC1. The van der Waals surface area contributed by atoms with Crippen molar-refractivity contribution in [2.45, 2.75) is 44.3 Å². The minimum atomic E-state index is 0.627. The fourth-order valence-corrected chi connectivity index (χ4v) is 2.80. The Morgan fingerprint density at radius 3 is 2.55 bits per heavy atom. The minimum Gasteiger partial charge on any atom is -0.158 e. The zero-order valence-electron chi connectivity index (χ0n) is 7.51. The van der Waals surface area contributed by atoms with Gasteiger partial charge in [0.2, 0.25) is 0 Å². The molecule has 1 heteroatoms. The molecule has 0 aliphatic heterocycles. The summed E-state index contributed by atoms with van der Waals surface area (Å²) < 4.78 is 0. The summed E-state index contributed by atoms with van der Waals surface area (Å²) in [6, 6.07) is 0. The van der Waals surface area contributed by atoms with Crippen LogP contribution in [0.4, 0.5) is 0 Å². The van der Waals surface area contributed by atoms with E-state index in [2.05, 4.69) is 25.6 Å². The summed E-state index contributed by atoms with van der Waals surface area (Å²) in [5, 5.41) is 0.966. The average Bonchev–Trinajstić information content (AvgIpc) is 2.03. The highest BCUT2D eigenvalue weighted by Crippen LogP contribution is 2.29. The standard InChI is InChI=1S/C10H19S/c1-9(2)8-11-10-6-4-3-5-7-10/h9-10H,1,3-8H2,2H3. The van der Waals surface area contributed by atoms with Crippen molar-refractivity contribution in [1.29, 1.82) is 0 Å². The van der Waals surface area contributed by atoms with Gasteiger partial charge in [-0.15, -0.1) is 0 Å².